The van der Waals surface area contributed by atoms with Gasteiger partial charge in [0.2, 0.25) is 17.6 Å². The number of likely N-dealkylation sites (tertiary alicyclic amines) is 1. The van der Waals surface area contributed by atoms with Gasteiger partial charge >= 0.3 is 0 Å². The molecule has 0 bridgehead atoms. The summed E-state index contributed by atoms with van der Waals surface area (Å²) in [4.78, 5) is 23.3. The summed E-state index contributed by atoms with van der Waals surface area (Å²) in [6.45, 7) is 4.37. The number of piperazine rings is 1. The highest BCUT2D eigenvalue weighted by Gasteiger charge is 2.42. The van der Waals surface area contributed by atoms with Gasteiger partial charge in [-0.2, -0.15) is 4.98 Å². The number of nitrogens with zero attached hydrogens (tertiary/aromatic N) is 5. The van der Waals surface area contributed by atoms with E-state index in [0.717, 1.165) is 32.5 Å². The fraction of sp³-hybridized carbons (Fsp3) is 0.632. The van der Waals surface area contributed by atoms with Crippen LogP contribution in [0.1, 0.15) is 25.2 Å². The Bertz CT molecular complexity index is 792. The molecule has 4 heterocycles. The summed E-state index contributed by atoms with van der Waals surface area (Å²) in [7, 11) is 2.14. The minimum absolute atomic E-state index is 0.00979. The molecule has 2 aliphatic heterocycles. The van der Waals surface area contributed by atoms with Crippen molar-refractivity contribution in [2.45, 2.75) is 31.3 Å². The molecule has 9 heteroatoms. The van der Waals surface area contributed by atoms with Crippen LogP contribution in [-0.2, 0) is 11.3 Å². The summed E-state index contributed by atoms with van der Waals surface area (Å²) in [5.74, 6) is 1.76. The van der Waals surface area contributed by atoms with Gasteiger partial charge in [0.25, 0.3) is 0 Å². The number of hydrogen-bond acceptors (Lipinski definition) is 8. The van der Waals surface area contributed by atoms with Gasteiger partial charge < -0.3 is 18.9 Å². The molecule has 1 spiro atoms. The van der Waals surface area contributed by atoms with E-state index in [0.29, 0.717) is 43.5 Å². The third kappa shape index (κ3) is 3.82. The minimum Gasteiger partial charge on any atom is -0.461 e. The first-order valence-electron chi connectivity index (χ1n) is 9.78. The van der Waals surface area contributed by atoms with E-state index in [2.05, 4.69) is 27.0 Å². The van der Waals surface area contributed by atoms with Crippen molar-refractivity contribution in [3.63, 3.8) is 0 Å². The summed E-state index contributed by atoms with van der Waals surface area (Å²) < 4.78 is 10.7. The molecule has 0 radical (unpaired) electrons. The quantitative estimate of drug-likeness (QED) is 0.803. The lowest BCUT2D eigenvalue weighted by molar-refractivity contribution is -0.131. The standard InChI is InChI=1S/C19H27N5O4/c1-22-8-9-23(13-16-20-18(21-28-16)15-3-2-12-27-15)14-19(22)5-4-17(26)24(7-6-19)10-11-25/h2-3,12,25H,4-11,13-14H2,1H3/t19-/m0/s1. The molecule has 2 saturated heterocycles. The summed E-state index contributed by atoms with van der Waals surface area (Å²) in [5, 5.41) is 13.2. The van der Waals surface area contributed by atoms with E-state index in [4.69, 9.17) is 8.94 Å². The van der Waals surface area contributed by atoms with Crippen LogP contribution in [-0.4, -0.2) is 87.8 Å². The highest BCUT2D eigenvalue weighted by molar-refractivity contribution is 5.76. The summed E-state index contributed by atoms with van der Waals surface area (Å²) >= 11 is 0. The first-order valence-corrected chi connectivity index (χ1v) is 9.78. The molecule has 152 valence electrons. The fourth-order valence-corrected chi connectivity index (χ4v) is 4.28. The molecule has 4 rings (SSSR count). The number of aromatic nitrogens is 2. The van der Waals surface area contributed by atoms with E-state index >= 15 is 0 Å². The molecule has 0 aliphatic carbocycles. The Hall–Kier alpha value is -2.23. The fourth-order valence-electron chi connectivity index (χ4n) is 4.28. The van der Waals surface area contributed by atoms with Crippen LogP contribution in [0, 0.1) is 0 Å². The maximum absolute atomic E-state index is 12.4. The van der Waals surface area contributed by atoms with E-state index in [9.17, 15) is 9.90 Å². The highest BCUT2D eigenvalue weighted by Crippen LogP contribution is 2.32. The van der Waals surface area contributed by atoms with Gasteiger partial charge in [0, 0.05) is 44.7 Å². The Morgan fingerprint density at radius 3 is 2.96 bits per heavy atom. The number of furan rings is 1. The Labute approximate surface area is 163 Å². The van der Waals surface area contributed by atoms with Crippen molar-refractivity contribution in [2.75, 3.05) is 46.4 Å². The predicted molar refractivity (Wildman–Crippen MR) is 100 cm³/mol. The Morgan fingerprint density at radius 1 is 1.29 bits per heavy atom. The first kappa shape index (κ1) is 19.1. The van der Waals surface area contributed by atoms with Crippen LogP contribution in [0.2, 0.25) is 0 Å². The van der Waals surface area contributed by atoms with Gasteiger partial charge in [-0.25, -0.2) is 0 Å². The van der Waals surface area contributed by atoms with Crippen molar-refractivity contribution in [3.05, 3.63) is 24.3 Å². The molecular formula is C19H27N5O4. The molecule has 2 aromatic rings. The maximum Gasteiger partial charge on any atom is 0.241 e. The van der Waals surface area contributed by atoms with Gasteiger partial charge in [-0.15, -0.1) is 0 Å². The molecule has 28 heavy (non-hydrogen) atoms. The van der Waals surface area contributed by atoms with Crippen LogP contribution >= 0.6 is 0 Å². The van der Waals surface area contributed by atoms with Crippen LogP contribution < -0.4 is 0 Å². The van der Waals surface area contributed by atoms with Crippen LogP contribution in [0.5, 0.6) is 0 Å². The van der Waals surface area contributed by atoms with Crippen molar-refractivity contribution < 1.29 is 18.8 Å². The molecule has 1 N–H and O–H groups in total. The topological polar surface area (TPSA) is 99.1 Å². The molecule has 2 fully saturated rings. The van der Waals surface area contributed by atoms with Crippen molar-refractivity contribution in [1.29, 1.82) is 0 Å². The average molecular weight is 389 g/mol. The lowest BCUT2D eigenvalue weighted by Crippen LogP contribution is -2.60. The average Bonchev–Trinajstić information content (AvgIpc) is 3.35. The van der Waals surface area contributed by atoms with E-state index in [-0.39, 0.29) is 18.1 Å². The lowest BCUT2D eigenvalue weighted by Gasteiger charge is -2.49. The summed E-state index contributed by atoms with van der Waals surface area (Å²) in [5.41, 5.74) is -0.0536. The smallest absolute Gasteiger partial charge is 0.241 e. The molecular weight excluding hydrogens is 362 g/mol. The lowest BCUT2D eigenvalue weighted by atomic mass is 9.86. The summed E-state index contributed by atoms with van der Waals surface area (Å²) in [6.07, 6.45) is 3.82. The van der Waals surface area contributed by atoms with Gasteiger partial charge in [0.05, 0.1) is 19.4 Å². The van der Waals surface area contributed by atoms with E-state index in [1.807, 2.05) is 0 Å². The molecule has 2 aliphatic rings. The number of hydrogen-bond donors (Lipinski definition) is 1. The normalized spacial score (nSPS) is 24.8. The molecule has 0 saturated carbocycles. The number of aliphatic hydroxyl groups excluding tert-OH is 1. The van der Waals surface area contributed by atoms with E-state index in [1.54, 1.807) is 23.3 Å². The number of β-amino-alcohol motifs (C(OH)–C–C–N with tert-alkyl or cyclic N) is 1. The first-order chi connectivity index (χ1) is 13.6. The number of amides is 1. The molecule has 0 aromatic carbocycles. The number of carbonyl (C=O) groups is 1. The third-order valence-electron chi connectivity index (χ3n) is 6.02. The second-order valence-electron chi connectivity index (χ2n) is 7.70. The van der Waals surface area contributed by atoms with Crippen molar-refractivity contribution in [2.24, 2.45) is 0 Å². The molecule has 2 aromatic heterocycles. The number of likely N-dealkylation sites (N-methyl/N-ethyl adjacent to an activating group) is 1. The Kier molecular flexibility index (Phi) is 5.47. The van der Waals surface area contributed by atoms with Crippen LogP contribution in [0.15, 0.2) is 27.3 Å². The Balaban J connectivity index is 1.44. The zero-order valence-corrected chi connectivity index (χ0v) is 16.2. The van der Waals surface area contributed by atoms with Gasteiger partial charge in [-0.1, -0.05) is 5.16 Å². The number of rotatable bonds is 5. The molecule has 1 amide bonds. The molecule has 0 unspecified atom stereocenters. The van der Waals surface area contributed by atoms with E-state index < -0.39 is 0 Å². The monoisotopic (exact) mass is 389 g/mol. The van der Waals surface area contributed by atoms with Gasteiger partial charge in [-0.3, -0.25) is 14.6 Å². The number of aliphatic hydroxyl groups is 1. The molecule has 1 atom stereocenters. The van der Waals surface area contributed by atoms with Gasteiger partial charge in [-0.05, 0) is 32.0 Å². The van der Waals surface area contributed by atoms with Gasteiger partial charge in [0.15, 0.2) is 5.76 Å². The minimum atomic E-state index is -0.0536. The maximum atomic E-state index is 12.4. The van der Waals surface area contributed by atoms with Crippen molar-refractivity contribution in [3.8, 4) is 11.6 Å². The second kappa shape index (κ2) is 8.02. The molecule has 9 nitrogen and oxygen atoms in total. The predicted octanol–water partition coefficient (Wildman–Crippen LogP) is 0.821. The van der Waals surface area contributed by atoms with E-state index in [1.165, 1.54) is 0 Å². The Morgan fingerprint density at radius 2 is 2.18 bits per heavy atom. The zero-order valence-electron chi connectivity index (χ0n) is 16.2. The van der Waals surface area contributed by atoms with Crippen LogP contribution in [0.3, 0.4) is 0 Å². The highest BCUT2D eigenvalue weighted by atomic mass is 16.5. The van der Waals surface area contributed by atoms with Crippen LogP contribution in [0.25, 0.3) is 11.6 Å². The number of carbonyl (C=O) groups excluding carboxylic acids is 1. The van der Waals surface area contributed by atoms with Gasteiger partial charge in [0.1, 0.15) is 0 Å². The van der Waals surface area contributed by atoms with Crippen LogP contribution in [0.4, 0.5) is 0 Å². The zero-order chi connectivity index (χ0) is 19.6. The van der Waals surface area contributed by atoms with Crippen molar-refractivity contribution >= 4 is 5.91 Å². The second-order valence-corrected chi connectivity index (χ2v) is 7.70. The largest absolute Gasteiger partial charge is 0.461 e. The SMILES string of the molecule is CN1CCN(Cc2nc(-c3ccco3)no2)C[C@@]12CCC(=O)N(CCO)CC2. The summed E-state index contributed by atoms with van der Waals surface area (Å²) in [6, 6.07) is 3.60. The van der Waals surface area contributed by atoms with Crippen molar-refractivity contribution in [1.82, 2.24) is 24.8 Å². The third-order valence-corrected chi connectivity index (χ3v) is 6.02.